The van der Waals surface area contributed by atoms with Crippen LogP contribution in [0.5, 0.6) is 0 Å². The molecule has 0 aliphatic rings. The summed E-state index contributed by atoms with van der Waals surface area (Å²) >= 11 is 0. The number of rotatable bonds is 2. The molecule has 0 unspecified atom stereocenters. The summed E-state index contributed by atoms with van der Waals surface area (Å²) < 4.78 is 34.5. The highest BCUT2D eigenvalue weighted by molar-refractivity contribution is 7.86. The van der Waals surface area contributed by atoms with Gasteiger partial charge in [-0.25, -0.2) is 4.98 Å². The van der Waals surface area contributed by atoms with Crippen molar-refractivity contribution < 1.29 is 12.3 Å². The highest BCUT2D eigenvalue weighted by Crippen LogP contribution is 2.11. The van der Waals surface area contributed by atoms with Crippen LogP contribution < -0.4 is 0 Å². The molecule has 1 rings (SSSR count). The van der Waals surface area contributed by atoms with E-state index < -0.39 is 15.2 Å². The molecule has 0 saturated carbocycles. The summed E-state index contributed by atoms with van der Waals surface area (Å²) in [6.45, 7) is 3.69. The summed E-state index contributed by atoms with van der Waals surface area (Å²) in [5.74, 6) is 0. The van der Waals surface area contributed by atoms with Crippen molar-refractivity contribution in [2.75, 3.05) is 0 Å². The van der Waals surface area contributed by atoms with E-state index in [4.69, 9.17) is 0 Å². The maximum absolute atomic E-state index is 12.3. The number of aromatic nitrogens is 2. The van der Waals surface area contributed by atoms with Gasteiger partial charge in [0.05, 0.1) is 6.33 Å². The number of hydrogen-bond donors (Lipinski definition) is 0. The first kappa shape index (κ1) is 9.18. The van der Waals surface area contributed by atoms with Crippen LogP contribution in [0.1, 0.15) is 19.9 Å². The molecule has 6 heteroatoms. The molecule has 1 aromatic rings. The Hall–Kier alpha value is -0.910. The fourth-order valence-corrected chi connectivity index (χ4v) is 1.15. The molecular formula is C6H9FN2O2S. The summed E-state index contributed by atoms with van der Waals surface area (Å²) in [7, 11) is -4.65. The maximum Gasteiger partial charge on any atom is 0.351 e. The van der Waals surface area contributed by atoms with Gasteiger partial charge in [-0.1, -0.05) is 3.89 Å². The van der Waals surface area contributed by atoms with E-state index in [2.05, 4.69) is 4.98 Å². The predicted octanol–water partition coefficient (Wildman–Crippen LogP) is 1.12. The Bertz CT molecular complexity index is 369. The molecule has 0 aromatic carbocycles. The van der Waals surface area contributed by atoms with Gasteiger partial charge in [-0.3, -0.25) is 0 Å². The Kier molecular flexibility index (Phi) is 2.18. The normalized spacial score (nSPS) is 12.3. The van der Waals surface area contributed by atoms with Crippen molar-refractivity contribution in [3.8, 4) is 0 Å². The minimum Gasteiger partial charge on any atom is -0.333 e. The highest BCUT2D eigenvalue weighted by Gasteiger charge is 2.15. The average molecular weight is 192 g/mol. The third-order valence-corrected chi connectivity index (χ3v) is 2.13. The van der Waals surface area contributed by atoms with Gasteiger partial charge >= 0.3 is 10.2 Å². The van der Waals surface area contributed by atoms with E-state index in [1.807, 2.05) is 13.8 Å². The predicted molar refractivity (Wildman–Crippen MR) is 40.9 cm³/mol. The average Bonchev–Trinajstić information content (AvgIpc) is 2.30. The molecule has 0 spiro atoms. The van der Waals surface area contributed by atoms with Gasteiger partial charge in [0.2, 0.25) is 5.03 Å². The number of imidazole rings is 1. The summed E-state index contributed by atoms with van der Waals surface area (Å²) in [5.41, 5.74) is 0. The van der Waals surface area contributed by atoms with Gasteiger partial charge in [0.1, 0.15) is 0 Å². The van der Waals surface area contributed by atoms with E-state index in [1.165, 1.54) is 17.1 Å². The van der Waals surface area contributed by atoms with Crippen molar-refractivity contribution >= 4 is 10.2 Å². The lowest BCUT2D eigenvalue weighted by Crippen LogP contribution is -1.96. The van der Waals surface area contributed by atoms with E-state index in [9.17, 15) is 12.3 Å². The lowest BCUT2D eigenvalue weighted by molar-refractivity contribution is 0.547. The van der Waals surface area contributed by atoms with Gasteiger partial charge in [-0.05, 0) is 13.8 Å². The maximum atomic E-state index is 12.3. The topological polar surface area (TPSA) is 52.0 Å². The largest absolute Gasteiger partial charge is 0.351 e. The SMILES string of the molecule is CC(C)n1cnc(S(=O)(=O)F)c1. The van der Waals surface area contributed by atoms with Crippen molar-refractivity contribution in [3.05, 3.63) is 12.5 Å². The van der Waals surface area contributed by atoms with Gasteiger partial charge in [-0.15, -0.1) is 0 Å². The highest BCUT2D eigenvalue weighted by atomic mass is 32.3. The van der Waals surface area contributed by atoms with Crippen LogP contribution in [0, 0.1) is 0 Å². The van der Waals surface area contributed by atoms with Gasteiger partial charge in [0.25, 0.3) is 0 Å². The van der Waals surface area contributed by atoms with Crippen LogP contribution in [0.3, 0.4) is 0 Å². The van der Waals surface area contributed by atoms with Crippen LogP contribution in [0.25, 0.3) is 0 Å². The molecule has 0 aliphatic carbocycles. The zero-order valence-corrected chi connectivity index (χ0v) is 7.55. The molecule has 0 atom stereocenters. The van der Waals surface area contributed by atoms with E-state index >= 15 is 0 Å². The van der Waals surface area contributed by atoms with E-state index in [0.717, 1.165) is 0 Å². The summed E-state index contributed by atoms with van der Waals surface area (Å²) in [6.07, 6.45) is 2.46. The van der Waals surface area contributed by atoms with E-state index in [-0.39, 0.29) is 6.04 Å². The minimum absolute atomic E-state index is 0.0769. The standard InChI is InChI=1S/C6H9FN2O2S/c1-5(2)9-3-6(8-4-9)12(7,10)11/h3-5H,1-2H3. The van der Waals surface area contributed by atoms with Crippen LogP contribution >= 0.6 is 0 Å². The summed E-state index contributed by atoms with van der Waals surface area (Å²) in [5, 5.41) is -0.531. The Morgan fingerprint density at radius 1 is 1.58 bits per heavy atom. The van der Waals surface area contributed by atoms with E-state index in [1.54, 1.807) is 0 Å². The summed E-state index contributed by atoms with van der Waals surface area (Å²) in [4.78, 5) is 3.41. The minimum atomic E-state index is -4.65. The first-order valence-electron chi connectivity index (χ1n) is 3.39. The molecule has 0 fully saturated rings. The molecule has 1 heterocycles. The number of halogens is 1. The molecule has 0 N–H and O–H groups in total. The molecule has 0 aliphatic heterocycles. The van der Waals surface area contributed by atoms with Crippen molar-refractivity contribution in [1.82, 2.24) is 9.55 Å². The van der Waals surface area contributed by atoms with Crippen LogP contribution in [0.15, 0.2) is 17.6 Å². The second kappa shape index (κ2) is 2.85. The van der Waals surface area contributed by atoms with Crippen LogP contribution in [-0.4, -0.2) is 18.0 Å². The van der Waals surface area contributed by atoms with Gasteiger partial charge in [0.15, 0.2) is 0 Å². The third-order valence-electron chi connectivity index (χ3n) is 1.42. The zero-order chi connectivity index (χ0) is 9.35. The van der Waals surface area contributed by atoms with Crippen molar-refractivity contribution in [2.24, 2.45) is 0 Å². The van der Waals surface area contributed by atoms with Crippen LogP contribution in [0.2, 0.25) is 0 Å². The molecule has 4 nitrogen and oxygen atoms in total. The Labute approximate surface area is 70.3 Å². The Morgan fingerprint density at radius 3 is 2.42 bits per heavy atom. The molecule has 0 radical (unpaired) electrons. The first-order chi connectivity index (χ1) is 5.41. The number of nitrogens with zero attached hydrogens (tertiary/aromatic N) is 2. The second-order valence-corrected chi connectivity index (χ2v) is 3.98. The Balaban J connectivity index is 3.09. The Morgan fingerprint density at radius 2 is 2.17 bits per heavy atom. The molecule has 1 aromatic heterocycles. The van der Waals surface area contributed by atoms with Crippen molar-refractivity contribution in [2.45, 2.75) is 24.9 Å². The third kappa shape index (κ3) is 1.82. The zero-order valence-electron chi connectivity index (χ0n) is 6.73. The molecule has 68 valence electrons. The fraction of sp³-hybridized carbons (Fsp3) is 0.500. The van der Waals surface area contributed by atoms with Gasteiger partial charge in [-0.2, -0.15) is 8.42 Å². The molecule has 12 heavy (non-hydrogen) atoms. The molecule has 0 bridgehead atoms. The lowest BCUT2D eigenvalue weighted by atomic mass is 10.4. The lowest BCUT2D eigenvalue weighted by Gasteiger charge is -2.02. The van der Waals surface area contributed by atoms with Gasteiger partial charge in [0, 0.05) is 12.2 Å². The fourth-order valence-electron chi connectivity index (χ4n) is 0.726. The van der Waals surface area contributed by atoms with E-state index in [0.29, 0.717) is 0 Å². The molecule has 0 amide bonds. The van der Waals surface area contributed by atoms with Gasteiger partial charge < -0.3 is 4.57 Å². The molecular weight excluding hydrogens is 183 g/mol. The summed E-state index contributed by atoms with van der Waals surface area (Å²) in [6, 6.07) is 0.0769. The van der Waals surface area contributed by atoms with Crippen molar-refractivity contribution in [1.29, 1.82) is 0 Å². The van der Waals surface area contributed by atoms with Crippen LogP contribution in [-0.2, 0) is 10.2 Å². The smallest absolute Gasteiger partial charge is 0.333 e. The van der Waals surface area contributed by atoms with Crippen LogP contribution in [0.4, 0.5) is 3.89 Å². The second-order valence-electron chi connectivity index (χ2n) is 2.69. The van der Waals surface area contributed by atoms with Crippen molar-refractivity contribution in [3.63, 3.8) is 0 Å². The number of hydrogen-bond acceptors (Lipinski definition) is 3. The quantitative estimate of drug-likeness (QED) is 0.660. The first-order valence-corrected chi connectivity index (χ1v) is 4.78. The monoisotopic (exact) mass is 192 g/mol. The molecule has 0 saturated heterocycles.